The molecule has 0 bridgehead atoms. The van der Waals surface area contributed by atoms with Gasteiger partial charge in [-0.3, -0.25) is 14.5 Å². The van der Waals surface area contributed by atoms with Gasteiger partial charge >= 0.3 is 0 Å². The van der Waals surface area contributed by atoms with Crippen molar-refractivity contribution >= 4 is 39.9 Å². The third kappa shape index (κ3) is 4.64. The highest BCUT2D eigenvalue weighted by Crippen LogP contribution is 2.32. The van der Waals surface area contributed by atoms with Crippen LogP contribution in [0.5, 0.6) is 0 Å². The van der Waals surface area contributed by atoms with Gasteiger partial charge in [-0.25, -0.2) is 0 Å². The lowest BCUT2D eigenvalue weighted by Crippen LogP contribution is -2.48. The van der Waals surface area contributed by atoms with Gasteiger partial charge in [-0.15, -0.1) is 0 Å². The summed E-state index contributed by atoms with van der Waals surface area (Å²) in [5.74, 6) is 0.0735. The number of carbonyl (C=O) groups excluding carboxylic acids is 2. The monoisotopic (exact) mass is 447 g/mol. The molecule has 3 aromatic carbocycles. The second-order valence-corrected chi connectivity index (χ2v) is 9.14. The first-order valence-corrected chi connectivity index (χ1v) is 11.5. The smallest absolute Gasteiger partial charge is 0.256 e. The Morgan fingerprint density at radius 2 is 1.62 bits per heavy atom. The van der Waals surface area contributed by atoms with Gasteiger partial charge in [0.1, 0.15) is 0 Å². The molecule has 0 radical (unpaired) electrons. The van der Waals surface area contributed by atoms with E-state index in [4.69, 9.17) is 11.6 Å². The molecule has 0 unspecified atom stereocenters. The van der Waals surface area contributed by atoms with Crippen molar-refractivity contribution in [2.24, 2.45) is 5.92 Å². The van der Waals surface area contributed by atoms with Crippen LogP contribution >= 0.6 is 11.6 Å². The zero-order valence-corrected chi connectivity index (χ0v) is 18.6. The van der Waals surface area contributed by atoms with E-state index in [1.54, 1.807) is 0 Å². The maximum absolute atomic E-state index is 13.5. The minimum Gasteiger partial charge on any atom is -0.336 e. The Kier molecular flexibility index (Phi) is 5.85. The molecule has 1 aliphatic heterocycles. The van der Waals surface area contributed by atoms with Gasteiger partial charge in [0.15, 0.2) is 0 Å². The number of amides is 2. The molecule has 2 amide bonds. The maximum Gasteiger partial charge on any atom is 0.256 e. The molecule has 1 N–H and O–H groups in total. The van der Waals surface area contributed by atoms with Crippen LogP contribution in [0.1, 0.15) is 28.8 Å². The quantitative estimate of drug-likeness (QED) is 0.611. The molecular formula is C26H26ClN3O2. The molecule has 0 atom stereocenters. The van der Waals surface area contributed by atoms with Crippen LogP contribution in [0.4, 0.5) is 5.69 Å². The number of nitrogens with zero attached hydrogens (tertiary/aromatic N) is 2. The molecule has 0 spiro atoms. The highest BCUT2D eigenvalue weighted by Gasteiger charge is 2.31. The summed E-state index contributed by atoms with van der Waals surface area (Å²) in [4.78, 5) is 30.2. The van der Waals surface area contributed by atoms with Crippen LogP contribution in [0.2, 0.25) is 5.02 Å². The Labute approximate surface area is 193 Å². The predicted molar refractivity (Wildman–Crippen MR) is 128 cm³/mol. The molecule has 1 saturated carbocycles. The summed E-state index contributed by atoms with van der Waals surface area (Å²) in [6, 6.07) is 19.7. The lowest BCUT2D eigenvalue weighted by molar-refractivity contribution is -0.117. The van der Waals surface area contributed by atoms with Crippen LogP contribution in [0, 0.1) is 5.92 Å². The summed E-state index contributed by atoms with van der Waals surface area (Å²) in [7, 11) is 0. The van der Waals surface area contributed by atoms with Crippen LogP contribution < -0.4 is 5.32 Å². The first-order valence-electron chi connectivity index (χ1n) is 11.2. The van der Waals surface area contributed by atoms with Crippen LogP contribution in [-0.4, -0.2) is 47.8 Å². The highest BCUT2D eigenvalue weighted by atomic mass is 35.5. The van der Waals surface area contributed by atoms with E-state index in [1.807, 2.05) is 59.5 Å². The Morgan fingerprint density at radius 1 is 0.906 bits per heavy atom. The fourth-order valence-electron chi connectivity index (χ4n) is 4.27. The third-order valence-corrected chi connectivity index (χ3v) is 6.51. The van der Waals surface area contributed by atoms with Crippen molar-refractivity contribution in [1.29, 1.82) is 0 Å². The number of fused-ring (bicyclic) bond motifs is 1. The summed E-state index contributed by atoms with van der Waals surface area (Å²) < 4.78 is 0. The fraction of sp³-hybridized carbons (Fsp3) is 0.308. The maximum atomic E-state index is 13.5. The molecule has 5 nitrogen and oxygen atoms in total. The van der Waals surface area contributed by atoms with Crippen LogP contribution in [0.15, 0.2) is 60.7 Å². The number of piperazine rings is 1. The van der Waals surface area contributed by atoms with E-state index < -0.39 is 0 Å². The van der Waals surface area contributed by atoms with Gasteiger partial charge in [-0.1, -0.05) is 48.0 Å². The Hall–Kier alpha value is -2.89. The van der Waals surface area contributed by atoms with Gasteiger partial charge in [0.25, 0.3) is 5.91 Å². The SMILES string of the molecule is O=C(Nc1cc2ccccc2cc1C(=O)N1CCN(Cc2cccc(Cl)c2)CC1)C1CC1. The molecule has 5 rings (SSSR count). The number of carbonyl (C=O) groups is 2. The molecule has 1 aliphatic carbocycles. The van der Waals surface area contributed by atoms with Crippen molar-refractivity contribution in [2.45, 2.75) is 19.4 Å². The fourth-order valence-corrected chi connectivity index (χ4v) is 4.49. The van der Waals surface area contributed by atoms with Crippen LogP contribution in [0.3, 0.4) is 0 Å². The second-order valence-electron chi connectivity index (χ2n) is 8.71. The van der Waals surface area contributed by atoms with E-state index in [0.717, 1.165) is 48.3 Å². The largest absolute Gasteiger partial charge is 0.336 e. The van der Waals surface area contributed by atoms with Gasteiger partial charge in [0.2, 0.25) is 5.91 Å². The Morgan fingerprint density at radius 3 is 2.31 bits per heavy atom. The summed E-state index contributed by atoms with van der Waals surface area (Å²) in [6.07, 6.45) is 1.86. The van der Waals surface area contributed by atoms with Crippen LogP contribution in [0.25, 0.3) is 10.8 Å². The average molecular weight is 448 g/mol. The molecule has 32 heavy (non-hydrogen) atoms. The zero-order valence-electron chi connectivity index (χ0n) is 17.9. The van der Waals surface area contributed by atoms with Crippen molar-refractivity contribution in [3.8, 4) is 0 Å². The lowest BCUT2D eigenvalue weighted by atomic mass is 10.0. The second kappa shape index (κ2) is 8.93. The molecule has 1 heterocycles. The minimum absolute atomic E-state index is 0.0145. The number of benzene rings is 3. The van der Waals surface area contributed by atoms with E-state index in [1.165, 1.54) is 5.56 Å². The van der Waals surface area contributed by atoms with Crippen molar-refractivity contribution < 1.29 is 9.59 Å². The first-order chi connectivity index (χ1) is 15.6. The van der Waals surface area contributed by atoms with Gasteiger partial charge in [-0.05, 0) is 53.4 Å². The third-order valence-electron chi connectivity index (χ3n) is 6.28. The van der Waals surface area contributed by atoms with Crippen molar-refractivity contribution in [3.05, 3.63) is 76.8 Å². The number of hydrogen-bond acceptors (Lipinski definition) is 3. The Bertz CT molecular complexity index is 1170. The van der Waals surface area contributed by atoms with E-state index in [2.05, 4.69) is 16.3 Å². The molecular weight excluding hydrogens is 422 g/mol. The summed E-state index contributed by atoms with van der Waals surface area (Å²) >= 11 is 6.11. The zero-order chi connectivity index (χ0) is 22.1. The molecule has 3 aromatic rings. The number of nitrogens with one attached hydrogen (secondary N) is 1. The Balaban J connectivity index is 1.32. The lowest BCUT2D eigenvalue weighted by Gasteiger charge is -2.35. The number of rotatable bonds is 5. The van der Waals surface area contributed by atoms with Crippen molar-refractivity contribution in [1.82, 2.24) is 9.80 Å². The standard InChI is InChI=1S/C26H26ClN3O2/c27-22-7-3-4-18(14-22)17-29-10-12-30(13-11-29)26(32)23-15-20-5-1-2-6-21(20)16-24(23)28-25(31)19-8-9-19/h1-7,14-16,19H,8-13,17H2,(H,28,31). The molecule has 1 saturated heterocycles. The highest BCUT2D eigenvalue weighted by molar-refractivity contribution is 6.30. The molecule has 2 aliphatic rings. The van der Waals surface area contributed by atoms with Crippen molar-refractivity contribution in [2.75, 3.05) is 31.5 Å². The van der Waals surface area contributed by atoms with Gasteiger partial charge < -0.3 is 10.2 Å². The van der Waals surface area contributed by atoms with Gasteiger partial charge in [-0.2, -0.15) is 0 Å². The normalized spacial score (nSPS) is 16.8. The minimum atomic E-state index is -0.0238. The van der Waals surface area contributed by atoms with Crippen molar-refractivity contribution in [3.63, 3.8) is 0 Å². The van der Waals surface area contributed by atoms with Gasteiger partial charge in [0, 0.05) is 43.7 Å². The number of hydrogen-bond donors (Lipinski definition) is 1. The number of anilines is 1. The average Bonchev–Trinajstić information content (AvgIpc) is 3.64. The topological polar surface area (TPSA) is 52.7 Å². The molecule has 0 aromatic heterocycles. The predicted octanol–water partition coefficient (Wildman–Crippen LogP) is 4.80. The van der Waals surface area contributed by atoms with Gasteiger partial charge in [0.05, 0.1) is 11.3 Å². The van der Waals surface area contributed by atoms with Crippen LogP contribution in [-0.2, 0) is 11.3 Å². The summed E-state index contributed by atoms with van der Waals surface area (Å²) in [5, 5.41) is 5.78. The van der Waals surface area contributed by atoms with E-state index in [-0.39, 0.29) is 17.7 Å². The van der Waals surface area contributed by atoms with E-state index in [0.29, 0.717) is 24.3 Å². The molecule has 2 fully saturated rings. The number of halogens is 1. The molecule has 164 valence electrons. The van der Waals surface area contributed by atoms with E-state index in [9.17, 15) is 9.59 Å². The first kappa shape index (κ1) is 21.0. The molecule has 6 heteroatoms. The van der Waals surface area contributed by atoms with E-state index >= 15 is 0 Å². The summed E-state index contributed by atoms with van der Waals surface area (Å²) in [6.45, 7) is 3.73. The summed E-state index contributed by atoms with van der Waals surface area (Å²) in [5.41, 5.74) is 2.37.